The molecule has 0 unspecified atom stereocenters. The van der Waals surface area contributed by atoms with Crippen molar-refractivity contribution in [2.75, 3.05) is 17.2 Å². The van der Waals surface area contributed by atoms with Crippen molar-refractivity contribution in [1.82, 2.24) is 15.0 Å². The molecule has 1 saturated carbocycles. The summed E-state index contributed by atoms with van der Waals surface area (Å²) in [7, 11) is 0. The molecule has 3 aromatic heterocycles. The lowest BCUT2D eigenvalue weighted by molar-refractivity contribution is 0.00446. The van der Waals surface area contributed by atoms with Crippen molar-refractivity contribution >= 4 is 34.3 Å². The molecule has 5 N–H and O–H groups in total. The molecule has 32 heavy (non-hydrogen) atoms. The van der Waals surface area contributed by atoms with Gasteiger partial charge in [0.05, 0.1) is 23.9 Å². The van der Waals surface area contributed by atoms with Gasteiger partial charge in [-0.25, -0.2) is 4.98 Å². The van der Waals surface area contributed by atoms with E-state index in [0.29, 0.717) is 35.1 Å². The zero-order valence-corrected chi connectivity index (χ0v) is 19.0. The number of fused-ring (bicyclic) bond motifs is 1. The number of hydrogen-bond acceptors (Lipinski definition) is 9. The smallest absolute Gasteiger partial charge is 0.226 e. The van der Waals surface area contributed by atoms with E-state index in [2.05, 4.69) is 25.6 Å². The van der Waals surface area contributed by atoms with E-state index in [9.17, 15) is 15.3 Å². The van der Waals surface area contributed by atoms with Crippen LogP contribution in [-0.2, 0) is 6.42 Å². The van der Waals surface area contributed by atoms with Gasteiger partial charge in [0.25, 0.3) is 0 Å². The first-order valence-electron chi connectivity index (χ1n) is 10.8. The van der Waals surface area contributed by atoms with Crippen LogP contribution in [0.25, 0.3) is 22.3 Å². The standard InChI is InChI=1S/C22H28ClN5O4/c1-4-13-5-11-7-15(32-16(11)8-24-13)17-20(23)27-22(25-10(2)3)28-21(17)26-14-6-12(9-29)18(30)19(14)31/h5,7-8,10,12,14,18-19,29-31H,4,6,9H2,1-3H3,(H2,25,26,27,28)/t12-,14-,18-,19+/m1/s1. The predicted molar refractivity (Wildman–Crippen MR) is 123 cm³/mol. The summed E-state index contributed by atoms with van der Waals surface area (Å²) < 4.78 is 6.01. The lowest BCUT2D eigenvalue weighted by atomic mass is 10.1. The van der Waals surface area contributed by atoms with Crippen molar-refractivity contribution < 1.29 is 19.7 Å². The Kier molecular flexibility index (Phi) is 6.52. The van der Waals surface area contributed by atoms with Gasteiger partial charge >= 0.3 is 0 Å². The molecule has 4 rings (SSSR count). The van der Waals surface area contributed by atoms with Crippen LogP contribution in [0.15, 0.2) is 22.7 Å². The second kappa shape index (κ2) is 9.19. The molecule has 10 heteroatoms. The zero-order valence-electron chi connectivity index (χ0n) is 18.2. The molecule has 0 spiro atoms. The van der Waals surface area contributed by atoms with E-state index in [1.165, 1.54) is 0 Å². The molecule has 9 nitrogen and oxygen atoms in total. The summed E-state index contributed by atoms with van der Waals surface area (Å²) in [4.78, 5) is 13.3. The lowest BCUT2D eigenvalue weighted by Gasteiger charge is -2.21. The summed E-state index contributed by atoms with van der Waals surface area (Å²) in [6.45, 7) is 5.73. The monoisotopic (exact) mass is 461 g/mol. The Bertz CT molecular complexity index is 1110. The van der Waals surface area contributed by atoms with Crippen molar-refractivity contribution in [3.63, 3.8) is 0 Å². The van der Waals surface area contributed by atoms with Crippen molar-refractivity contribution in [1.29, 1.82) is 0 Å². The average molecular weight is 462 g/mol. The van der Waals surface area contributed by atoms with E-state index in [1.807, 2.05) is 32.9 Å². The minimum Gasteiger partial charge on any atom is -0.454 e. The largest absolute Gasteiger partial charge is 0.454 e. The van der Waals surface area contributed by atoms with Gasteiger partial charge in [0, 0.05) is 29.6 Å². The maximum Gasteiger partial charge on any atom is 0.226 e. The fourth-order valence-corrected chi connectivity index (χ4v) is 4.27. The summed E-state index contributed by atoms with van der Waals surface area (Å²) in [5, 5.41) is 37.6. The number of hydrogen-bond donors (Lipinski definition) is 5. The number of nitrogens with zero attached hydrogens (tertiary/aromatic N) is 3. The Labute approximate surface area is 190 Å². The molecule has 1 fully saturated rings. The highest BCUT2D eigenvalue weighted by molar-refractivity contribution is 6.32. The van der Waals surface area contributed by atoms with Crippen LogP contribution in [0.5, 0.6) is 0 Å². The first-order chi connectivity index (χ1) is 15.3. The molecule has 0 bridgehead atoms. The number of furan rings is 1. The van der Waals surface area contributed by atoms with E-state index < -0.39 is 24.2 Å². The number of halogens is 1. The number of aryl methyl sites for hydroxylation is 1. The summed E-state index contributed by atoms with van der Waals surface area (Å²) in [6, 6.07) is 3.36. The third-order valence-corrected chi connectivity index (χ3v) is 5.98. The maximum atomic E-state index is 10.5. The van der Waals surface area contributed by atoms with Gasteiger partial charge < -0.3 is 30.4 Å². The number of anilines is 2. The van der Waals surface area contributed by atoms with Gasteiger partial charge in [0.1, 0.15) is 22.8 Å². The quantitative estimate of drug-likeness (QED) is 0.336. The van der Waals surface area contributed by atoms with Crippen LogP contribution in [0, 0.1) is 5.92 Å². The molecule has 0 saturated heterocycles. The van der Waals surface area contributed by atoms with Gasteiger partial charge in [0.15, 0.2) is 5.58 Å². The van der Waals surface area contributed by atoms with Crippen LogP contribution in [0.3, 0.4) is 0 Å². The summed E-state index contributed by atoms with van der Waals surface area (Å²) in [6.07, 6.45) is 0.753. The molecule has 0 amide bonds. The third-order valence-electron chi connectivity index (χ3n) is 5.71. The fourth-order valence-electron chi connectivity index (χ4n) is 4.01. The Hall–Kier alpha value is -2.46. The molecule has 3 aromatic rings. The van der Waals surface area contributed by atoms with E-state index >= 15 is 0 Å². The van der Waals surface area contributed by atoms with Crippen LogP contribution in [0.4, 0.5) is 11.8 Å². The van der Waals surface area contributed by atoms with Gasteiger partial charge in [-0.05, 0) is 38.8 Å². The Balaban J connectivity index is 1.77. The molecule has 1 aliphatic rings. The number of aliphatic hydroxyl groups is 3. The molecule has 0 aromatic carbocycles. The van der Waals surface area contributed by atoms with E-state index in [0.717, 1.165) is 17.5 Å². The van der Waals surface area contributed by atoms with Crippen LogP contribution >= 0.6 is 11.6 Å². The van der Waals surface area contributed by atoms with E-state index in [-0.39, 0.29) is 17.8 Å². The molecule has 3 heterocycles. The van der Waals surface area contributed by atoms with Crippen LogP contribution in [0.2, 0.25) is 5.15 Å². The van der Waals surface area contributed by atoms with Gasteiger partial charge in [-0.15, -0.1) is 0 Å². The molecule has 4 atom stereocenters. The average Bonchev–Trinajstić information content (AvgIpc) is 3.28. The minimum atomic E-state index is -1.07. The highest BCUT2D eigenvalue weighted by atomic mass is 35.5. The van der Waals surface area contributed by atoms with Gasteiger partial charge in [-0.1, -0.05) is 18.5 Å². The Morgan fingerprint density at radius 3 is 2.66 bits per heavy atom. The summed E-state index contributed by atoms with van der Waals surface area (Å²) in [5.74, 6) is 0.728. The van der Waals surface area contributed by atoms with Crippen LogP contribution < -0.4 is 10.6 Å². The van der Waals surface area contributed by atoms with Crippen molar-refractivity contribution in [2.24, 2.45) is 5.92 Å². The van der Waals surface area contributed by atoms with Gasteiger partial charge in [-0.3, -0.25) is 4.98 Å². The minimum absolute atomic E-state index is 0.0761. The second-order valence-electron chi connectivity index (χ2n) is 8.45. The molecular formula is C22H28ClN5O4. The van der Waals surface area contributed by atoms with Crippen molar-refractivity contribution in [3.8, 4) is 11.3 Å². The number of aromatic nitrogens is 3. The highest BCUT2D eigenvalue weighted by Crippen LogP contribution is 2.39. The molecule has 1 aliphatic carbocycles. The maximum absolute atomic E-state index is 10.5. The van der Waals surface area contributed by atoms with Crippen molar-refractivity contribution in [3.05, 3.63) is 29.2 Å². The fraction of sp³-hybridized carbons (Fsp3) is 0.500. The Morgan fingerprint density at radius 1 is 1.22 bits per heavy atom. The number of pyridine rings is 1. The van der Waals surface area contributed by atoms with Crippen LogP contribution in [-0.4, -0.2) is 61.2 Å². The topological polar surface area (TPSA) is 137 Å². The molecule has 172 valence electrons. The SMILES string of the molecule is CCc1cc2cc(-c3c(Cl)nc(NC(C)C)nc3N[C@@H]3C[C@H](CO)[C@@H](O)[C@H]3O)oc2cn1. The normalized spacial score (nSPS) is 23.2. The molecule has 0 radical (unpaired) electrons. The lowest BCUT2D eigenvalue weighted by Crippen LogP contribution is -2.35. The van der Waals surface area contributed by atoms with Crippen LogP contribution in [0.1, 0.15) is 32.9 Å². The molecular weight excluding hydrogens is 434 g/mol. The third kappa shape index (κ3) is 4.38. The van der Waals surface area contributed by atoms with Gasteiger partial charge in [-0.2, -0.15) is 4.98 Å². The number of nitrogens with one attached hydrogen (secondary N) is 2. The molecule has 0 aliphatic heterocycles. The Morgan fingerprint density at radius 2 is 2.00 bits per heavy atom. The predicted octanol–water partition coefficient (Wildman–Crippen LogP) is 2.84. The second-order valence-corrected chi connectivity index (χ2v) is 8.81. The van der Waals surface area contributed by atoms with Gasteiger partial charge in [0.2, 0.25) is 5.95 Å². The van der Waals surface area contributed by atoms with E-state index in [4.69, 9.17) is 16.0 Å². The van der Waals surface area contributed by atoms with E-state index in [1.54, 1.807) is 6.20 Å². The van der Waals surface area contributed by atoms with Crippen molar-refractivity contribution in [2.45, 2.75) is 57.9 Å². The summed E-state index contributed by atoms with van der Waals surface area (Å²) in [5.41, 5.74) is 2.00. The number of rotatable bonds is 7. The zero-order chi connectivity index (χ0) is 23.0. The summed E-state index contributed by atoms with van der Waals surface area (Å²) >= 11 is 6.59. The number of aliphatic hydroxyl groups excluding tert-OH is 3. The highest BCUT2D eigenvalue weighted by Gasteiger charge is 2.41. The first kappa shape index (κ1) is 22.7. The first-order valence-corrected chi connectivity index (χ1v) is 11.1.